The molecule has 3 N–H and O–H groups in total. The van der Waals surface area contributed by atoms with Crippen molar-refractivity contribution in [3.05, 3.63) is 96.9 Å². The van der Waals surface area contributed by atoms with Crippen molar-refractivity contribution in [1.82, 2.24) is 14.1 Å². The fourth-order valence-electron chi connectivity index (χ4n) is 3.52. The number of amides is 1. The second kappa shape index (κ2) is 9.25. The predicted octanol–water partition coefficient (Wildman–Crippen LogP) is 2.79. The van der Waals surface area contributed by atoms with E-state index >= 15 is 0 Å². The summed E-state index contributed by atoms with van der Waals surface area (Å²) < 4.78 is 2.38. The second-order valence-electron chi connectivity index (χ2n) is 7.70. The summed E-state index contributed by atoms with van der Waals surface area (Å²) >= 11 is 1.26. The Kier molecular flexibility index (Phi) is 6.23. The van der Waals surface area contributed by atoms with Gasteiger partial charge in [0.1, 0.15) is 16.4 Å². The van der Waals surface area contributed by atoms with E-state index in [1.54, 1.807) is 5.38 Å². The summed E-state index contributed by atoms with van der Waals surface area (Å²) in [6.07, 6.45) is 0.0580. The number of carbonyl (C=O) groups is 1. The van der Waals surface area contributed by atoms with Crippen LogP contribution in [0.4, 0.5) is 11.5 Å². The highest BCUT2D eigenvalue weighted by Crippen LogP contribution is 2.24. The number of nitrogens with zero attached hydrogens (tertiary/aromatic N) is 3. The average Bonchev–Trinajstić information content (AvgIpc) is 3.24. The Morgan fingerprint density at radius 1 is 1.12 bits per heavy atom. The van der Waals surface area contributed by atoms with Crippen molar-refractivity contribution in [3.8, 4) is 11.3 Å². The van der Waals surface area contributed by atoms with Gasteiger partial charge in [0.2, 0.25) is 5.91 Å². The molecule has 1 amide bonds. The lowest BCUT2D eigenvalue weighted by Crippen LogP contribution is -2.40. The van der Waals surface area contributed by atoms with Gasteiger partial charge in [-0.15, -0.1) is 11.3 Å². The van der Waals surface area contributed by atoms with Gasteiger partial charge in [0.25, 0.3) is 5.56 Å². The maximum Gasteiger partial charge on any atom is 0.332 e. The van der Waals surface area contributed by atoms with Crippen LogP contribution in [0, 0.1) is 6.92 Å². The minimum Gasteiger partial charge on any atom is -0.384 e. The maximum atomic E-state index is 12.9. The van der Waals surface area contributed by atoms with Crippen LogP contribution in [-0.2, 0) is 24.8 Å². The number of benzene rings is 2. The summed E-state index contributed by atoms with van der Waals surface area (Å²) in [4.78, 5) is 42.5. The van der Waals surface area contributed by atoms with Gasteiger partial charge in [-0.05, 0) is 30.2 Å². The second-order valence-corrected chi connectivity index (χ2v) is 8.64. The molecule has 2 heterocycles. The van der Waals surface area contributed by atoms with Crippen molar-refractivity contribution < 1.29 is 4.79 Å². The number of nitrogen functional groups attached to an aromatic ring is 1. The van der Waals surface area contributed by atoms with E-state index in [1.807, 2.05) is 61.5 Å². The van der Waals surface area contributed by atoms with Gasteiger partial charge in [0.05, 0.1) is 18.7 Å². The number of aromatic nitrogens is 3. The molecular formula is C24H23N5O3S. The van der Waals surface area contributed by atoms with Crippen molar-refractivity contribution in [3.63, 3.8) is 0 Å². The molecular weight excluding hydrogens is 438 g/mol. The quantitative estimate of drug-likeness (QED) is 0.459. The molecule has 0 aliphatic heterocycles. The lowest BCUT2D eigenvalue weighted by atomic mass is 10.2. The third kappa shape index (κ3) is 4.78. The molecule has 0 unspecified atom stereocenters. The summed E-state index contributed by atoms with van der Waals surface area (Å²) in [6, 6.07) is 16.9. The van der Waals surface area contributed by atoms with Crippen LogP contribution >= 0.6 is 11.3 Å². The summed E-state index contributed by atoms with van der Waals surface area (Å²) in [5, 5.41) is 5.07. The molecule has 0 aliphatic rings. The minimum atomic E-state index is -0.525. The molecule has 4 aromatic rings. The molecule has 0 bridgehead atoms. The van der Waals surface area contributed by atoms with Gasteiger partial charge in [-0.2, -0.15) is 0 Å². The summed E-state index contributed by atoms with van der Waals surface area (Å²) in [5.41, 5.74) is 8.39. The first kappa shape index (κ1) is 22.2. The van der Waals surface area contributed by atoms with Crippen molar-refractivity contribution in [2.75, 3.05) is 11.1 Å². The average molecular weight is 462 g/mol. The Labute approximate surface area is 194 Å². The third-order valence-corrected chi connectivity index (χ3v) is 6.04. The summed E-state index contributed by atoms with van der Waals surface area (Å²) in [5.74, 6) is -0.163. The molecule has 0 saturated carbocycles. The van der Waals surface area contributed by atoms with E-state index in [2.05, 4.69) is 10.3 Å². The van der Waals surface area contributed by atoms with E-state index in [0.29, 0.717) is 16.4 Å². The molecule has 2 aromatic heterocycles. The molecule has 8 nitrogen and oxygen atoms in total. The van der Waals surface area contributed by atoms with Crippen molar-refractivity contribution in [1.29, 1.82) is 0 Å². The lowest BCUT2D eigenvalue weighted by molar-refractivity contribution is -0.115. The van der Waals surface area contributed by atoms with Crippen LogP contribution in [0.2, 0.25) is 0 Å². The van der Waals surface area contributed by atoms with Gasteiger partial charge in [0, 0.05) is 18.1 Å². The number of thiazole rings is 1. The van der Waals surface area contributed by atoms with Crippen LogP contribution in [0.15, 0.2) is 69.6 Å². The standard InChI is InChI=1S/C24H23N5O3S/c1-15-7-6-10-17(11-15)26-19(30)12-20-27-18(14-33-20)21-22(25)29(24(32)28(2)23(21)31)13-16-8-4-3-5-9-16/h3-11,14H,12-13,25H2,1-2H3,(H,26,30). The zero-order chi connectivity index (χ0) is 23.5. The Bertz CT molecular complexity index is 1440. The van der Waals surface area contributed by atoms with Gasteiger partial charge in [0.15, 0.2) is 0 Å². The Morgan fingerprint density at radius 3 is 2.61 bits per heavy atom. The molecule has 4 rings (SSSR count). The number of rotatable bonds is 6. The lowest BCUT2D eigenvalue weighted by Gasteiger charge is -2.14. The van der Waals surface area contributed by atoms with Gasteiger partial charge in [-0.3, -0.25) is 18.7 Å². The van der Waals surface area contributed by atoms with Crippen LogP contribution in [0.3, 0.4) is 0 Å². The van der Waals surface area contributed by atoms with Crippen LogP contribution in [-0.4, -0.2) is 20.0 Å². The first-order valence-corrected chi connectivity index (χ1v) is 11.2. The molecule has 168 valence electrons. The molecule has 9 heteroatoms. The number of carbonyl (C=O) groups excluding carboxylic acids is 1. The highest BCUT2D eigenvalue weighted by atomic mass is 32.1. The fraction of sp³-hybridized carbons (Fsp3) is 0.167. The van der Waals surface area contributed by atoms with Crippen LogP contribution in [0.1, 0.15) is 16.1 Å². The number of nitrogens with one attached hydrogen (secondary N) is 1. The van der Waals surface area contributed by atoms with Crippen LogP contribution in [0.25, 0.3) is 11.3 Å². The van der Waals surface area contributed by atoms with E-state index in [-0.39, 0.29) is 30.3 Å². The first-order valence-electron chi connectivity index (χ1n) is 10.3. The summed E-state index contributed by atoms with van der Waals surface area (Å²) in [7, 11) is 1.41. The molecule has 0 aliphatic carbocycles. The van der Waals surface area contributed by atoms with Crippen molar-refractivity contribution >= 4 is 28.7 Å². The molecule has 33 heavy (non-hydrogen) atoms. The molecule has 0 atom stereocenters. The number of hydrogen-bond donors (Lipinski definition) is 2. The third-order valence-electron chi connectivity index (χ3n) is 5.19. The van der Waals surface area contributed by atoms with E-state index in [4.69, 9.17) is 5.73 Å². The van der Waals surface area contributed by atoms with Crippen molar-refractivity contribution in [2.45, 2.75) is 19.9 Å². The molecule has 0 radical (unpaired) electrons. The Morgan fingerprint density at radius 2 is 1.88 bits per heavy atom. The number of hydrogen-bond acceptors (Lipinski definition) is 6. The number of anilines is 2. The Hall–Kier alpha value is -3.98. The molecule has 2 aromatic carbocycles. The smallest absolute Gasteiger partial charge is 0.332 e. The van der Waals surface area contributed by atoms with Gasteiger partial charge < -0.3 is 11.1 Å². The van der Waals surface area contributed by atoms with Crippen molar-refractivity contribution in [2.24, 2.45) is 7.05 Å². The van der Waals surface area contributed by atoms with Gasteiger partial charge in [-0.25, -0.2) is 9.78 Å². The van der Waals surface area contributed by atoms with Gasteiger partial charge in [-0.1, -0.05) is 42.5 Å². The number of nitrogens with two attached hydrogens (primary N) is 1. The molecule has 0 fully saturated rings. The van der Waals surface area contributed by atoms with E-state index < -0.39 is 11.2 Å². The largest absolute Gasteiger partial charge is 0.384 e. The Balaban J connectivity index is 1.62. The SMILES string of the molecule is Cc1cccc(NC(=O)Cc2nc(-c3c(N)n(Cc4ccccc4)c(=O)n(C)c3=O)cs2)c1. The number of aryl methyl sites for hydroxylation is 1. The summed E-state index contributed by atoms with van der Waals surface area (Å²) in [6.45, 7) is 2.17. The zero-order valence-electron chi connectivity index (χ0n) is 18.2. The minimum absolute atomic E-state index is 0.0491. The predicted molar refractivity (Wildman–Crippen MR) is 131 cm³/mol. The van der Waals surface area contributed by atoms with E-state index in [1.165, 1.54) is 23.0 Å². The fourth-order valence-corrected chi connectivity index (χ4v) is 4.30. The maximum absolute atomic E-state index is 12.9. The zero-order valence-corrected chi connectivity index (χ0v) is 19.1. The van der Waals surface area contributed by atoms with Crippen LogP contribution in [0.5, 0.6) is 0 Å². The molecule has 0 saturated heterocycles. The van der Waals surface area contributed by atoms with E-state index in [9.17, 15) is 14.4 Å². The highest BCUT2D eigenvalue weighted by molar-refractivity contribution is 7.10. The monoisotopic (exact) mass is 461 g/mol. The first-order chi connectivity index (χ1) is 15.8. The van der Waals surface area contributed by atoms with Gasteiger partial charge >= 0.3 is 5.69 Å². The highest BCUT2D eigenvalue weighted by Gasteiger charge is 2.20. The van der Waals surface area contributed by atoms with Crippen LogP contribution < -0.4 is 22.3 Å². The van der Waals surface area contributed by atoms with E-state index in [0.717, 1.165) is 15.7 Å². The molecule has 0 spiro atoms. The normalized spacial score (nSPS) is 10.8. The topological polar surface area (TPSA) is 112 Å².